The number of imide groups is 1. The Kier molecular flexibility index (Phi) is 7.99. The number of nitriles is 1. The largest absolute Gasteiger partial charge is 0.493 e. The van der Waals surface area contributed by atoms with Crippen LogP contribution in [0.4, 0.5) is 11.4 Å². The highest BCUT2D eigenvalue weighted by molar-refractivity contribution is 6.31. The molecular formula is C32H26ClN3O4. The minimum absolute atomic E-state index is 0.171. The molecular weight excluding hydrogens is 526 g/mol. The molecule has 1 heterocycles. The molecule has 0 spiro atoms. The summed E-state index contributed by atoms with van der Waals surface area (Å²) in [5.74, 6) is 0.509. The number of anilines is 2. The molecule has 8 heteroatoms. The number of nitrogens with zero attached hydrogens (tertiary/aromatic N) is 3. The summed E-state index contributed by atoms with van der Waals surface area (Å²) in [5.41, 5.74) is 3.93. The van der Waals surface area contributed by atoms with Crippen LogP contribution in [0.3, 0.4) is 0 Å². The summed E-state index contributed by atoms with van der Waals surface area (Å²) >= 11 is 6.27. The van der Waals surface area contributed by atoms with Gasteiger partial charge in [-0.2, -0.15) is 5.26 Å². The highest BCUT2D eigenvalue weighted by atomic mass is 35.5. The average molecular weight is 552 g/mol. The van der Waals surface area contributed by atoms with Crippen molar-refractivity contribution in [2.24, 2.45) is 0 Å². The molecule has 0 radical (unpaired) electrons. The van der Waals surface area contributed by atoms with E-state index in [0.717, 1.165) is 16.9 Å². The standard InChI is InChI=1S/C32H26ClN3O4/c1-39-30-20-25(14-15-29(30)40-19-16-23-6-2-5-9-28(23)33)35(24-12-10-22(21-34)11-13-24)17-18-36-31(37)26-7-3-4-8-27(26)32(36)38/h2-15,20H,16-19H2,1H3. The number of hydrogen-bond donors (Lipinski definition) is 0. The zero-order chi connectivity index (χ0) is 28.1. The van der Waals surface area contributed by atoms with Gasteiger partial charge in [0.2, 0.25) is 0 Å². The van der Waals surface area contributed by atoms with Crippen molar-refractivity contribution in [3.05, 3.63) is 118 Å². The Balaban J connectivity index is 1.37. The van der Waals surface area contributed by atoms with Gasteiger partial charge in [0, 0.05) is 42.0 Å². The molecule has 5 rings (SSSR count). The molecule has 40 heavy (non-hydrogen) atoms. The predicted octanol–water partition coefficient (Wildman–Crippen LogP) is 6.28. The van der Waals surface area contributed by atoms with Crippen LogP contribution in [0.15, 0.2) is 91.0 Å². The van der Waals surface area contributed by atoms with Gasteiger partial charge in [0.05, 0.1) is 36.5 Å². The van der Waals surface area contributed by atoms with Crippen LogP contribution in [-0.2, 0) is 6.42 Å². The van der Waals surface area contributed by atoms with E-state index in [4.69, 9.17) is 21.1 Å². The van der Waals surface area contributed by atoms with E-state index < -0.39 is 0 Å². The molecule has 0 saturated heterocycles. The summed E-state index contributed by atoms with van der Waals surface area (Å²) in [5, 5.41) is 9.95. The number of hydrogen-bond acceptors (Lipinski definition) is 6. The summed E-state index contributed by atoms with van der Waals surface area (Å²) < 4.78 is 11.7. The maximum atomic E-state index is 13.0. The van der Waals surface area contributed by atoms with E-state index in [1.165, 1.54) is 4.90 Å². The Morgan fingerprint density at radius 1 is 0.850 bits per heavy atom. The maximum Gasteiger partial charge on any atom is 0.261 e. The van der Waals surface area contributed by atoms with Crippen LogP contribution in [-0.4, -0.2) is 43.5 Å². The van der Waals surface area contributed by atoms with Gasteiger partial charge in [-0.3, -0.25) is 14.5 Å². The Bertz CT molecular complexity index is 1560. The van der Waals surface area contributed by atoms with Gasteiger partial charge in [-0.05, 0) is 60.2 Å². The smallest absolute Gasteiger partial charge is 0.261 e. The third kappa shape index (κ3) is 5.49. The summed E-state index contributed by atoms with van der Waals surface area (Å²) in [6, 6.07) is 29.3. The second-order valence-electron chi connectivity index (χ2n) is 9.14. The molecule has 0 aromatic heterocycles. The molecule has 4 aromatic rings. The van der Waals surface area contributed by atoms with Crippen molar-refractivity contribution >= 4 is 34.8 Å². The first-order valence-electron chi connectivity index (χ1n) is 12.8. The van der Waals surface area contributed by atoms with Crippen LogP contribution < -0.4 is 14.4 Å². The van der Waals surface area contributed by atoms with Crippen molar-refractivity contribution in [2.75, 3.05) is 31.7 Å². The first-order valence-corrected chi connectivity index (χ1v) is 13.1. The minimum atomic E-state index is -0.305. The Hall–Kier alpha value is -4.80. The lowest BCUT2D eigenvalue weighted by Gasteiger charge is -2.28. The molecule has 200 valence electrons. The number of halogens is 1. The van der Waals surface area contributed by atoms with Crippen molar-refractivity contribution < 1.29 is 19.1 Å². The number of carbonyl (C=O) groups is 2. The zero-order valence-electron chi connectivity index (χ0n) is 21.8. The van der Waals surface area contributed by atoms with Gasteiger partial charge in [-0.15, -0.1) is 0 Å². The van der Waals surface area contributed by atoms with E-state index in [9.17, 15) is 14.9 Å². The molecule has 0 unspecified atom stereocenters. The summed E-state index contributed by atoms with van der Waals surface area (Å²) in [6.45, 7) is 0.913. The molecule has 0 bridgehead atoms. The van der Waals surface area contributed by atoms with Crippen LogP contribution in [0.5, 0.6) is 11.5 Å². The second-order valence-corrected chi connectivity index (χ2v) is 9.55. The van der Waals surface area contributed by atoms with Crippen LogP contribution in [0.1, 0.15) is 31.8 Å². The third-order valence-electron chi connectivity index (χ3n) is 6.78. The molecule has 7 nitrogen and oxygen atoms in total. The second kappa shape index (κ2) is 11.9. The summed E-state index contributed by atoms with van der Waals surface area (Å²) in [7, 11) is 1.57. The lowest BCUT2D eigenvalue weighted by atomic mass is 10.1. The van der Waals surface area contributed by atoms with E-state index in [2.05, 4.69) is 6.07 Å². The molecule has 4 aromatic carbocycles. The SMILES string of the molecule is COc1cc(N(CCN2C(=O)c3ccccc3C2=O)c2ccc(C#N)cc2)ccc1OCCc1ccccc1Cl. The van der Waals surface area contributed by atoms with E-state index in [1.807, 2.05) is 59.5 Å². The molecule has 2 amide bonds. The van der Waals surface area contributed by atoms with Crippen molar-refractivity contribution in [3.63, 3.8) is 0 Å². The van der Waals surface area contributed by atoms with Crippen molar-refractivity contribution in [2.45, 2.75) is 6.42 Å². The molecule has 0 fully saturated rings. The first-order chi connectivity index (χ1) is 19.5. The molecule has 1 aliphatic rings. The average Bonchev–Trinajstić information content (AvgIpc) is 3.23. The maximum absolute atomic E-state index is 13.0. The number of methoxy groups -OCH3 is 1. The number of benzene rings is 4. The van der Waals surface area contributed by atoms with E-state index in [1.54, 1.807) is 43.5 Å². The fraction of sp³-hybridized carbons (Fsp3) is 0.156. The van der Waals surface area contributed by atoms with Crippen LogP contribution in [0.2, 0.25) is 5.02 Å². The highest BCUT2D eigenvalue weighted by Gasteiger charge is 2.35. The fourth-order valence-electron chi connectivity index (χ4n) is 4.68. The lowest BCUT2D eigenvalue weighted by Crippen LogP contribution is -2.36. The molecule has 0 atom stereocenters. The Labute approximate surface area is 237 Å². The predicted molar refractivity (Wildman–Crippen MR) is 154 cm³/mol. The third-order valence-corrected chi connectivity index (χ3v) is 7.15. The molecule has 1 aliphatic heterocycles. The van der Waals surface area contributed by atoms with Gasteiger partial charge < -0.3 is 14.4 Å². The van der Waals surface area contributed by atoms with Crippen LogP contribution in [0.25, 0.3) is 0 Å². The van der Waals surface area contributed by atoms with Gasteiger partial charge in [0.1, 0.15) is 0 Å². The zero-order valence-corrected chi connectivity index (χ0v) is 22.6. The number of rotatable bonds is 10. The quantitative estimate of drug-likeness (QED) is 0.216. The van der Waals surface area contributed by atoms with Gasteiger partial charge in [0.25, 0.3) is 11.8 Å². The number of amides is 2. The van der Waals surface area contributed by atoms with E-state index in [0.29, 0.717) is 52.8 Å². The lowest BCUT2D eigenvalue weighted by molar-refractivity contribution is 0.0659. The van der Waals surface area contributed by atoms with Crippen molar-refractivity contribution in [3.8, 4) is 17.6 Å². The minimum Gasteiger partial charge on any atom is -0.493 e. The van der Waals surface area contributed by atoms with E-state index in [-0.39, 0.29) is 18.4 Å². The number of ether oxygens (including phenoxy) is 2. The van der Waals surface area contributed by atoms with Crippen LogP contribution in [0, 0.1) is 11.3 Å². The molecule has 0 aliphatic carbocycles. The monoisotopic (exact) mass is 551 g/mol. The van der Waals surface area contributed by atoms with Gasteiger partial charge in [-0.25, -0.2) is 0 Å². The first kappa shape index (κ1) is 26.8. The van der Waals surface area contributed by atoms with Crippen molar-refractivity contribution in [1.82, 2.24) is 4.90 Å². The molecule has 0 saturated carbocycles. The topological polar surface area (TPSA) is 82.9 Å². The van der Waals surface area contributed by atoms with E-state index >= 15 is 0 Å². The van der Waals surface area contributed by atoms with Gasteiger partial charge in [0.15, 0.2) is 11.5 Å². The van der Waals surface area contributed by atoms with Crippen LogP contribution >= 0.6 is 11.6 Å². The number of carbonyl (C=O) groups excluding carboxylic acids is 2. The summed E-state index contributed by atoms with van der Waals surface area (Å²) in [4.78, 5) is 29.1. The Morgan fingerprint density at radius 2 is 1.50 bits per heavy atom. The summed E-state index contributed by atoms with van der Waals surface area (Å²) in [6.07, 6.45) is 0.641. The number of fused-ring (bicyclic) bond motifs is 1. The highest BCUT2D eigenvalue weighted by Crippen LogP contribution is 2.35. The fourth-order valence-corrected chi connectivity index (χ4v) is 4.91. The molecule has 0 N–H and O–H groups in total. The van der Waals surface area contributed by atoms with Gasteiger partial charge >= 0.3 is 0 Å². The van der Waals surface area contributed by atoms with Crippen molar-refractivity contribution in [1.29, 1.82) is 5.26 Å². The van der Waals surface area contributed by atoms with Gasteiger partial charge in [-0.1, -0.05) is 41.9 Å². The Morgan fingerprint density at radius 3 is 2.15 bits per heavy atom. The normalized spacial score (nSPS) is 12.2.